The molecular formula is C17H12FN3O3S. The monoisotopic (exact) mass is 357 g/mol. The fraction of sp³-hybridized carbons (Fsp3) is 0.0588. The standard InChI is InChI=1S/C17H12FN3O3S/c18-13-2-1-3-15(10-13)20-9-8-19-16(17(20)22)25-11-12-4-6-14(7-5-12)21(23)24/h1-10H,11H2. The minimum Gasteiger partial charge on any atom is -0.280 e. The maximum absolute atomic E-state index is 13.4. The number of nitrogens with zero attached hydrogens (tertiary/aromatic N) is 3. The lowest BCUT2D eigenvalue weighted by atomic mass is 10.2. The lowest BCUT2D eigenvalue weighted by Crippen LogP contribution is -2.20. The van der Waals surface area contributed by atoms with E-state index in [4.69, 9.17) is 0 Å². The number of halogens is 1. The number of aromatic nitrogens is 2. The summed E-state index contributed by atoms with van der Waals surface area (Å²) in [4.78, 5) is 26.8. The topological polar surface area (TPSA) is 78.0 Å². The molecule has 0 amide bonds. The van der Waals surface area contributed by atoms with Crippen molar-refractivity contribution < 1.29 is 9.31 Å². The normalized spacial score (nSPS) is 10.6. The predicted octanol–water partition coefficient (Wildman–Crippen LogP) is 3.57. The number of hydrogen-bond donors (Lipinski definition) is 0. The highest BCUT2D eigenvalue weighted by Crippen LogP contribution is 2.20. The van der Waals surface area contributed by atoms with Crippen LogP contribution in [0.4, 0.5) is 10.1 Å². The van der Waals surface area contributed by atoms with Gasteiger partial charge in [0.15, 0.2) is 5.03 Å². The molecule has 0 unspecified atom stereocenters. The summed E-state index contributed by atoms with van der Waals surface area (Å²) in [7, 11) is 0. The zero-order chi connectivity index (χ0) is 17.8. The Kier molecular flexibility index (Phi) is 4.90. The van der Waals surface area contributed by atoms with Gasteiger partial charge in [-0.05, 0) is 23.8 Å². The van der Waals surface area contributed by atoms with Gasteiger partial charge in [-0.1, -0.05) is 30.0 Å². The van der Waals surface area contributed by atoms with Gasteiger partial charge in [0.1, 0.15) is 5.82 Å². The number of hydrogen-bond acceptors (Lipinski definition) is 5. The van der Waals surface area contributed by atoms with Crippen molar-refractivity contribution >= 4 is 17.4 Å². The fourth-order valence-corrected chi connectivity index (χ4v) is 3.04. The Bertz CT molecular complexity index is 973. The molecule has 0 bridgehead atoms. The summed E-state index contributed by atoms with van der Waals surface area (Å²) in [6.07, 6.45) is 2.96. The summed E-state index contributed by atoms with van der Waals surface area (Å²) in [5.74, 6) is 0.00854. The summed E-state index contributed by atoms with van der Waals surface area (Å²) < 4.78 is 14.7. The molecule has 0 saturated carbocycles. The zero-order valence-corrected chi connectivity index (χ0v) is 13.6. The van der Waals surface area contributed by atoms with Gasteiger partial charge in [0.2, 0.25) is 0 Å². The van der Waals surface area contributed by atoms with Gasteiger partial charge in [0, 0.05) is 30.3 Å². The molecule has 6 nitrogen and oxygen atoms in total. The summed E-state index contributed by atoms with van der Waals surface area (Å²) in [5, 5.41) is 10.9. The maximum atomic E-state index is 13.4. The SMILES string of the molecule is O=c1c(SCc2ccc([N+](=O)[O-])cc2)nccn1-c1cccc(F)c1. The van der Waals surface area contributed by atoms with Gasteiger partial charge in [-0.15, -0.1) is 0 Å². The Morgan fingerprint density at radius 3 is 2.64 bits per heavy atom. The van der Waals surface area contributed by atoms with E-state index in [0.29, 0.717) is 11.4 Å². The molecule has 3 rings (SSSR count). The van der Waals surface area contributed by atoms with Gasteiger partial charge in [-0.2, -0.15) is 0 Å². The van der Waals surface area contributed by atoms with E-state index in [0.717, 1.165) is 5.56 Å². The van der Waals surface area contributed by atoms with Gasteiger partial charge >= 0.3 is 0 Å². The number of non-ortho nitro benzene ring substituents is 1. The molecule has 0 spiro atoms. The molecular weight excluding hydrogens is 345 g/mol. The van der Waals surface area contributed by atoms with Crippen LogP contribution in [0.1, 0.15) is 5.56 Å². The first-order valence-electron chi connectivity index (χ1n) is 7.24. The minimum absolute atomic E-state index is 0.0139. The van der Waals surface area contributed by atoms with Gasteiger partial charge < -0.3 is 0 Å². The van der Waals surface area contributed by atoms with E-state index in [-0.39, 0.29) is 16.3 Å². The van der Waals surface area contributed by atoms with E-state index in [1.165, 1.54) is 59.1 Å². The first kappa shape index (κ1) is 16.8. The third kappa shape index (κ3) is 3.92. The van der Waals surface area contributed by atoms with Crippen LogP contribution >= 0.6 is 11.8 Å². The number of benzene rings is 2. The molecule has 0 atom stereocenters. The molecule has 0 radical (unpaired) electrons. The highest BCUT2D eigenvalue weighted by Gasteiger charge is 2.09. The van der Waals surface area contributed by atoms with Gasteiger partial charge in [-0.25, -0.2) is 9.37 Å². The predicted molar refractivity (Wildman–Crippen MR) is 92.4 cm³/mol. The molecule has 25 heavy (non-hydrogen) atoms. The van der Waals surface area contributed by atoms with Crippen LogP contribution in [-0.4, -0.2) is 14.5 Å². The Hall–Kier alpha value is -3.00. The summed E-state index contributed by atoms with van der Waals surface area (Å²) in [6, 6.07) is 11.8. The van der Waals surface area contributed by atoms with Crippen LogP contribution in [0.15, 0.2) is 70.7 Å². The van der Waals surface area contributed by atoms with Crippen molar-refractivity contribution in [1.29, 1.82) is 0 Å². The highest BCUT2D eigenvalue weighted by atomic mass is 32.2. The molecule has 0 aliphatic heterocycles. The van der Waals surface area contributed by atoms with E-state index in [1.807, 2.05) is 0 Å². The first-order valence-corrected chi connectivity index (χ1v) is 8.23. The Morgan fingerprint density at radius 2 is 1.96 bits per heavy atom. The average Bonchev–Trinajstić information content (AvgIpc) is 2.61. The zero-order valence-electron chi connectivity index (χ0n) is 12.8. The Labute approximate surface area is 146 Å². The second-order valence-electron chi connectivity index (χ2n) is 5.10. The molecule has 0 fully saturated rings. The summed E-state index contributed by atoms with van der Waals surface area (Å²) in [5.41, 5.74) is 0.919. The van der Waals surface area contributed by atoms with E-state index < -0.39 is 10.7 Å². The van der Waals surface area contributed by atoms with Crippen molar-refractivity contribution in [2.45, 2.75) is 10.8 Å². The van der Waals surface area contributed by atoms with Crippen molar-refractivity contribution in [2.24, 2.45) is 0 Å². The van der Waals surface area contributed by atoms with Crippen LogP contribution in [0.2, 0.25) is 0 Å². The summed E-state index contributed by atoms with van der Waals surface area (Å²) in [6.45, 7) is 0. The first-order chi connectivity index (χ1) is 12.0. The third-order valence-electron chi connectivity index (χ3n) is 3.42. The number of nitro benzene ring substituents is 1. The van der Waals surface area contributed by atoms with E-state index in [9.17, 15) is 19.3 Å². The quantitative estimate of drug-likeness (QED) is 0.396. The van der Waals surface area contributed by atoms with E-state index in [1.54, 1.807) is 18.2 Å². The van der Waals surface area contributed by atoms with Crippen LogP contribution in [0.3, 0.4) is 0 Å². The highest BCUT2D eigenvalue weighted by molar-refractivity contribution is 7.98. The molecule has 0 saturated heterocycles. The van der Waals surface area contributed by atoms with Crippen molar-refractivity contribution in [1.82, 2.24) is 9.55 Å². The number of nitro groups is 1. The molecule has 0 aliphatic rings. The van der Waals surface area contributed by atoms with Crippen LogP contribution < -0.4 is 5.56 Å². The number of rotatable bonds is 5. The molecule has 0 N–H and O–H groups in total. The molecule has 1 aromatic heterocycles. The molecule has 2 aromatic carbocycles. The molecule has 126 valence electrons. The van der Waals surface area contributed by atoms with Gasteiger partial charge in [0.25, 0.3) is 11.2 Å². The van der Waals surface area contributed by atoms with Crippen LogP contribution in [0.5, 0.6) is 0 Å². The van der Waals surface area contributed by atoms with E-state index >= 15 is 0 Å². The lowest BCUT2D eigenvalue weighted by molar-refractivity contribution is -0.384. The molecule has 8 heteroatoms. The smallest absolute Gasteiger partial charge is 0.280 e. The molecule has 0 aliphatic carbocycles. The second-order valence-corrected chi connectivity index (χ2v) is 6.06. The third-order valence-corrected chi connectivity index (χ3v) is 4.45. The fourth-order valence-electron chi connectivity index (χ4n) is 2.19. The maximum Gasteiger partial charge on any atom is 0.287 e. The lowest BCUT2D eigenvalue weighted by Gasteiger charge is -2.07. The van der Waals surface area contributed by atoms with Gasteiger partial charge in [0.05, 0.1) is 10.6 Å². The Balaban J connectivity index is 1.80. The van der Waals surface area contributed by atoms with E-state index in [2.05, 4.69) is 4.98 Å². The van der Waals surface area contributed by atoms with Crippen molar-refractivity contribution in [3.05, 3.63) is 92.8 Å². The number of thioether (sulfide) groups is 1. The minimum atomic E-state index is -0.465. The second kappa shape index (κ2) is 7.27. The van der Waals surface area contributed by atoms with Crippen molar-refractivity contribution in [2.75, 3.05) is 0 Å². The largest absolute Gasteiger partial charge is 0.287 e. The van der Waals surface area contributed by atoms with Crippen LogP contribution in [0, 0.1) is 15.9 Å². The van der Waals surface area contributed by atoms with Crippen LogP contribution in [0.25, 0.3) is 5.69 Å². The molecule has 3 aromatic rings. The summed E-state index contributed by atoms with van der Waals surface area (Å²) >= 11 is 1.22. The Morgan fingerprint density at radius 1 is 1.20 bits per heavy atom. The van der Waals surface area contributed by atoms with Crippen LogP contribution in [-0.2, 0) is 5.75 Å². The van der Waals surface area contributed by atoms with Crippen molar-refractivity contribution in [3.63, 3.8) is 0 Å². The van der Waals surface area contributed by atoms with Gasteiger partial charge in [-0.3, -0.25) is 19.5 Å². The van der Waals surface area contributed by atoms with Crippen molar-refractivity contribution in [3.8, 4) is 5.69 Å². The average molecular weight is 357 g/mol. The molecule has 1 heterocycles.